The lowest BCUT2D eigenvalue weighted by molar-refractivity contribution is 0.669. The summed E-state index contributed by atoms with van der Waals surface area (Å²) in [5, 5.41) is 10.0. The molecule has 0 aliphatic carbocycles. The molecule has 0 spiro atoms. The van der Waals surface area contributed by atoms with Gasteiger partial charge in [0.1, 0.15) is 11.2 Å². The summed E-state index contributed by atoms with van der Waals surface area (Å²) in [6, 6.07) is 43.6. The molecule has 0 saturated carbocycles. The molecule has 0 aliphatic rings. The first-order valence-electron chi connectivity index (χ1n) is 13.4. The molecule has 0 fully saturated rings. The van der Waals surface area contributed by atoms with Crippen LogP contribution in [0.15, 0.2) is 126 Å². The second kappa shape index (κ2) is 6.77. The largest absolute Gasteiger partial charge is 0.456 e. The number of rotatable bonds is 1. The van der Waals surface area contributed by atoms with E-state index in [1.165, 1.54) is 71.0 Å². The smallest absolute Gasteiger partial charge is 0.136 e. The Labute approximate surface area is 222 Å². The van der Waals surface area contributed by atoms with Crippen LogP contribution in [0.2, 0.25) is 0 Å². The van der Waals surface area contributed by atoms with Gasteiger partial charge in [-0.1, -0.05) is 72.8 Å². The van der Waals surface area contributed by atoms with Crippen LogP contribution in [0.25, 0.3) is 87.5 Å². The first-order chi connectivity index (χ1) is 19.4. The number of benzene rings is 6. The molecule has 4 aromatic heterocycles. The zero-order valence-corrected chi connectivity index (χ0v) is 20.8. The molecule has 0 saturated heterocycles. The monoisotopic (exact) mass is 496 g/mol. The highest BCUT2D eigenvalue weighted by Gasteiger charge is 2.26. The molecule has 0 radical (unpaired) electrons. The molecular formula is C36H20N2O. The number of para-hydroxylation sites is 4. The summed E-state index contributed by atoms with van der Waals surface area (Å²) in [5.41, 5.74) is 9.21. The van der Waals surface area contributed by atoms with E-state index in [9.17, 15) is 0 Å². The van der Waals surface area contributed by atoms with E-state index in [-0.39, 0.29) is 0 Å². The van der Waals surface area contributed by atoms with E-state index in [2.05, 4.69) is 124 Å². The highest BCUT2D eigenvalue weighted by atomic mass is 16.3. The molecule has 6 aromatic carbocycles. The molecule has 0 N–H and O–H groups in total. The fourth-order valence-electron chi connectivity index (χ4n) is 7.15. The average Bonchev–Trinajstić information content (AvgIpc) is 3.72. The van der Waals surface area contributed by atoms with Crippen molar-refractivity contribution in [3.05, 3.63) is 121 Å². The van der Waals surface area contributed by atoms with Crippen LogP contribution >= 0.6 is 0 Å². The quantitative estimate of drug-likeness (QED) is 0.222. The molecule has 10 aromatic rings. The molecule has 180 valence electrons. The van der Waals surface area contributed by atoms with Crippen LogP contribution in [0.5, 0.6) is 0 Å². The van der Waals surface area contributed by atoms with E-state index < -0.39 is 0 Å². The molecule has 39 heavy (non-hydrogen) atoms. The maximum Gasteiger partial charge on any atom is 0.136 e. The van der Waals surface area contributed by atoms with Crippen molar-refractivity contribution in [1.82, 2.24) is 8.97 Å². The lowest BCUT2D eigenvalue weighted by atomic mass is 10.0. The van der Waals surface area contributed by atoms with E-state index in [4.69, 9.17) is 4.42 Å². The molecule has 3 heteroatoms. The first kappa shape index (κ1) is 19.8. The Kier molecular flexibility index (Phi) is 3.44. The van der Waals surface area contributed by atoms with Crippen LogP contribution in [0.1, 0.15) is 0 Å². The van der Waals surface area contributed by atoms with Crippen molar-refractivity contribution in [2.24, 2.45) is 0 Å². The summed E-state index contributed by atoms with van der Waals surface area (Å²) >= 11 is 0. The van der Waals surface area contributed by atoms with Gasteiger partial charge in [-0.3, -0.25) is 0 Å². The van der Waals surface area contributed by atoms with Gasteiger partial charge in [-0.2, -0.15) is 0 Å². The summed E-state index contributed by atoms with van der Waals surface area (Å²) < 4.78 is 11.3. The Morgan fingerprint density at radius 2 is 1.08 bits per heavy atom. The standard InChI is InChI=1S/C36H20N2O/c1-2-10-21(11-3-1)37-27-15-7-4-12-22(27)25-20-26-23-13-5-8-16-28(23)38-29-18-19-31-32(24-14-6-9-17-30(24)39-31)33(29)34(35(25)37)36(26)38/h1-20H. The lowest BCUT2D eigenvalue weighted by Crippen LogP contribution is -1.93. The normalized spacial score (nSPS) is 12.6. The Morgan fingerprint density at radius 1 is 0.410 bits per heavy atom. The highest BCUT2D eigenvalue weighted by Crippen LogP contribution is 2.49. The minimum atomic E-state index is 0.925. The molecular weight excluding hydrogens is 476 g/mol. The Bertz CT molecular complexity index is 2600. The Balaban J connectivity index is 1.63. The number of furan rings is 1. The van der Waals surface area contributed by atoms with Crippen LogP contribution in [0, 0.1) is 0 Å². The van der Waals surface area contributed by atoms with Crippen molar-refractivity contribution in [1.29, 1.82) is 0 Å². The van der Waals surface area contributed by atoms with Gasteiger partial charge in [0.25, 0.3) is 0 Å². The minimum absolute atomic E-state index is 0.925. The topological polar surface area (TPSA) is 22.5 Å². The number of fused-ring (bicyclic) bond motifs is 14. The van der Waals surface area contributed by atoms with E-state index in [0.717, 1.165) is 16.6 Å². The molecule has 0 aliphatic heterocycles. The maximum absolute atomic E-state index is 6.41. The van der Waals surface area contributed by atoms with Crippen molar-refractivity contribution < 1.29 is 4.42 Å². The highest BCUT2D eigenvalue weighted by molar-refractivity contribution is 6.39. The van der Waals surface area contributed by atoms with Gasteiger partial charge >= 0.3 is 0 Å². The van der Waals surface area contributed by atoms with Gasteiger partial charge < -0.3 is 13.4 Å². The average molecular weight is 497 g/mol. The number of hydrogen-bond donors (Lipinski definition) is 0. The summed E-state index contributed by atoms with van der Waals surface area (Å²) in [7, 11) is 0. The molecule has 0 bridgehead atoms. The SMILES string of the molecule is c1ccc(-n2c3ccccc3c3cc4c5ccccc5n5c6ccc7oc8ccccc8c7c6c(c32)c45)cc1. The van der Waals surface area contributed by atoms with Crippen molar-refractivity contribution in [2.75, 3.05) is 0 Å². The lowest BCUT2D eigenvalue weighted by Gasteiger charge is -2.09. The maximum atomic E-state index is 6.41. The van der Waals surface area contributed by atoms with Gasteiger partial charge in [0.05, 0.1) is 27.6 Å². The van der Waals surface area contributed by atoms with Gasteiger partial charge in [-0.25, -0.2) is 0 Å². The van der Waals surface area contributed by atoms with Crippen LogP contribution in [-0.4, -0.2) is 8.97 Å². The van der Waals surface area contributed by atoms with Crippen molar-refractivity contribution in [3.63, 3.8) is 0 Å². The van der Waals surface area contributed by atoms with E-state index in [0.29, 0.717) is 0 Å². The Hall–Kier alpha value is -5.28. The fraction of sp³-hybridized carbons (Fsp3) is 0. The second-order valence-corrected chi connectivity index (χ2v) is 10.5. The molecule has 0 atom stereocenters. The Morgan fingerprint density at radius 3 is 1.92 bits per heavy atom. The zero-order valence-electron chi connectivity index (χ0n) is 20.8. The van der Waals surface area contributed by atoms with Crippen LogP contribution in [0.3, 0.4) is 0 Å². The second-order valence-electron chi connectivity index (χ2n) is 10.5. The van der Waals surface area contributed by atoms with Crippen LogP contribution in [0.4, 0.5) is 0 Å². The first-order valence-corrected chi connectivity index (χ1v) is 13.4. The van der Waals surface area contributed by atoms with Crippen LogP contribution in [-0.2, 0) is 0 Å². The molecule has 0 amide bonds. The molecule has 0 unspecified atom stereocenters. The third kappa shape index (κ3) is 2.27. The zero-order chi connectivity index (χ0) is 25.2. The molecule has 4 heterocycles. The third-order valence-corrected chi connectivity index (χ3v) is 8.62. The summed E-state index contributed by atoms with van der Waals surface area (Å²) in [6.07, 6.45) is 0. The number of nitrogens with zero attached hydrogens (tertiary/aromatic N) is 2. The van der Waals surface area contributed by atoms with Gasteiger partial charge in [-0.15, -0.1) is 0 Å². The predicted molar refractivity (Wildman–Crippen MR) is 163 cm³/mol. The van der Waals surface area contributed by atoms with E-state index in [1.807, 2.05) is 6.07 Å². The van der Waals surface area contributed by atoms with Gasteiger partial charge in [0.15, 0.2) is 0 Å². The summed E-state index contributed by atoms with van der Waals surface area (Å²) in [5.74, 6) is 0. The number of aromatic nitrogens is 2. The molecule has 10 rings (SSSR count). The van der Waals surface area contributed by atoms with Gasteiger partial charge in [-0.05, 0) is 48.5 Å². The van der Waals surface area contributed by atoms with Gasteiger partial charge in [0.2, 0.25) is 0 Å². The fourth-order valence-corrected chi connectivity index (χ4v) is 7.15. The van der Waals surface area contributed by atoms with E-state index in [1.54, 1.807) is 0 Å². The summed E-state index contributed by atoms with van der Waals surface area (Å²) in [6.45, 7) is 0. The third-order valence-electron chi connectivity index (χ3n) is 8.62. The van der Waals surface area contributed by atoms with Crippen molar-refractivity contribution in [2.45, 2.75) is 0 Å². The van der Waals surface area contributed by atoms with Crippen molar-refractivity contribution in [3.8, 4) is 5.69 Å². The molecule has 3 nitrogen and oxygen atoms in total. The summed E-state index contributed by atoms with van der Waals surface area (Å²) in [4.78, 5) is 0. The van der Waals surface area contributed by atoms with Gasteiger partial charge in [0, 0.05) is 48.8 Å². The minimum Gasteiger partial charge on any atom is -0.456 e. The number of hydrogen-bond acceptors (Lipinski definition) is 1. The van der Waals surface area contributed by atoms with E-state index >= 15 is 0 Å². The van der Waals surface area contributed by atoms with Crippen LogP contribution < -0.4 is 0 Å². The predicted octanol–water partition coefficient (Wildman–Crippen LogP) is 9.83. The van der Waals surface area contributed by atoms with Crippen molar-refractivity contribution >= 4 is 81.8 Å².